The molecule has 1 nitrogen and oxygen atoms in total. The zero-order chi connectivity index (χ0) is 13.3. The quantitative estimate of drug-likeness (QED) is 0.884. The first-order chi connectivity index (χ1) is 8.47. The average molecular weight is 313 g/mol. The largest absolute Gasteiger partial charge is 0.384 e. The van der Waals surface area contributed by atoms with E-state index in [4.69, 9.17) is 0 Å². The van der Waals surface area contributed by atoms with E-state index in [0.717, 1.165) is 0 Å². The van der Waals surface area contributed by atoms with Crippen LogP contribution >= 0.6 is 15.9 Å². The van der Waals surface area contributed by atoms with E-state index in [1.807, 2.05) is 0 Å². The fourth-order valence-corrected chi connectivity index (χ4v) is 2.29. The monoisotopic (exact) mass is 312 g/mol. The van der Waals surface area contributed by atoms with Gasteiger partial charge in [0.15, 0.2) is 0 Å². The molecule has 1 atom stereocenters. The van der Waals surface area contributed by atoms with Crippen LogP contribution in [0, 0.1) is 18.6 Å². The second-order valence-corrected chi connectivity index (χ2v) is 4.98. The average Bonchev–Trinajstić information content (AvgIpc) is 2.30. The van der Waals surface area contributed by atoms with Crippen molar-refractivity contribution >= 4 is 15.9 Å². The lowest BCUT2D eigenvalue weighted by atomic mass is 10.00. The Morgan fingerprint density at radius 2 is 1.78 bits per heavy atom. The van der Waals surface area contributed by atoms with Gasteiger partial charge in [-0.2, -0.15) is 0 Å². The van der Waals surface area contributed by atoms with Gasteiger partial charge in [0, 0.05) is 10.0 Å². The number of halogens is 3. The van der Waals surface area contributed by atoms with Crippen LogP contribution in [-0.2, 0) is 0 Å². The molecule has 2 aromatic rings. The Morgan fingerprint density at radius 1 is 1.06 bits per heavy atom. The van der Waals surface area contributed by atoms with E-state index in [1.54, 1.807) is 13.0 Å². The highest BCUT2D eigenvalue weighted by molar-refractivity contribution is 9.10. The summed E-state index contributed by atoms with van der Waals surface area (Å²) in [6, 6.07) is 8.32. The van der Waals surface area contributed by atoms with Gasteiger partial charge in [-0.25, -0.2) is 8.78 Å². The van der Waals surface area contributed by atoms with Crippen LogP contribution in [0.3, 0.4) is 0 Å². The molecule has 2 rings (SSSR count). The summed E-state index contributed by atoms with van der Waals surface area (Å²) in [5, 5.41) is 10.2. The van der Waals surface area contributed by atoms with Gasteiger partial charge in [-0.3, -0.25) is 0 Å². The molecule has 0 radical (unpaired) electrons. The van der Waals surface area contributed by atoms with Crippen molar-refractivity contribution in [1.29, 1.82) is 0 Å². The van der Waals surface area contributed by atoms with Gasteiger partial charge in [-0.05, 0) is 48.4 Å². The third kappa shape index (κ3) is 2.76. The van der Waals surface area contributed by atoms with Crippen LogP contribution < -0.4 is 0 Å². The van der Waals surface area contributed by atoms with Crippen molar-refractivity contribution < 1.29 is 13.9 Å². The third-order valence-electron chi connectivity index (χ3n) is 2.63. The summed E-state index contributed by atoms with van der Waals surface area (Å²) >= 11 is 3.24. The summed E-state index contributed by atoms with van der Waals surface area (Å²) < 4.78 is 27.0. The molecule has 1 N–H and O–H groups in total. The molecule has 0 bridgehead atoms. The predicted molar refractivity (Wildman–Crippen MR) is 69.3 cm³/mol. The first kappa shape index (κ1) is 13.2. The Kier molecular flexibility index (Phi) is 3.78. The van der Waals surface area contributed by atoms with Crippen molar-refractivity contribution in [2.75, 3.05) is 0 Å². The normalized spacial score (nSPS) is 12.5. The second-order valence-electron chi connectivity index (χ2n) is 4.13. The summed E-state index contributed by atoms with van der Waals surface area (Å²) in [7, 11) is 0. The zero-order valence-electron chi connectivity index (χ0n) is 9.62. The third-order valence-corrected chi connectivity index (χ3v) is 3.35. The van der Waals surface area contributed by atoms with E-state index < -0.39 is 17.7 Å². The fourth-order valence-electron chi connectivity index (χ4n) is 1.83. The van der Waals surface area contributed by atoms with Gasteiger partial charge in [-0.1, -0.05) is 22.0 Å². The van der Waals surface area contributed by atoms with Crippen molar-refractivity contribution in [2.24, 2.45) is 0 Å². The standard InChI is InChI=1S/C14H11BrF2O/c1-8-4-9(6-11(17)5-8)14(18)12-7-10(16)2-3-13(12)15/h2-7,14,18H,1H3. The molecule has 0 aromatic heterocycles. The van der Waals surface area contributed by atoms with Crippen LogP contribution in [0.1, 0.15) is 22.8 Å². The smallest absolute Gasteiger partial charge is 0.123 e. The van der Waals surface area contributed by atoms with Gasteiger partial charge in [0.2, 0.25) is 0 Å². The van der Waals surface area contributed by atoms with E-state index in [-0.39, 0.29) is 0 Å². The molecule has 2 aromatic carbocycles. The first-order valence-corrected chi connectivity index (χ1v) is 6.17. The van der Waals surface area contributed by atoms with Gasteiger partial charge < -0.3 is 5.11 Å². The number of aryl methyl sites for hydroxylation is 1. The Morgan fingerprint density at radius 3 is 2.44 bits per heavy atom. The van der Waals surface area contributed by atoms with Crippen molar-refractivity contribution in [3.05, 3.63) is 69.2 Å². The summed E-state index contributed by atoms with van der Waals surface area (Å²) in [5.41, 5.74) is 1.48. The minimum absolute atomic E-state index is 0.375. The van der Waals surface area contributed by atoms with Crippen molar-refractivity contribution in [3.63, 3.8) is 0 Å². The second kappa shape index (κ2) is 5.16. The van der Waals surface area contributed by atoms with Crippen LogP contribution in [0.4, 0.5) is 8.78 Å². The summed E-state index contributed by atoms with van der Waals surface area (Å²) in [6.07, 6.45) is -1.07. The highest BCUT2D eigenvalue weighted by atomic mass is 79.9. The molecule has 0 amide bonds. The highest BCUT2D eigenvalue weighted by Gasteiger charge is 2.15. The maximum absolute atomic E-state index is 13.3. The van der Waals surface area contributed by atoms with E-state index in [2.05, 4.69) is 15.9 Å². The number of hydrogen-bond donors (Lipinski definition) is 1. The molecule has 0 fully saturated rings. The molecule has 0 aliphatic heterocycles. The number of rotatable bonds is 2. The molecule has 18 heavy (non-hydrogen) atoms. The molecular formula is C14H11BrF2O. The lowest BCUT2D eigenvalue weighted by Crippen LogP contribution is -2.02. The van der Waals surface area contributed by atoms with Crippen LogP contribution in [-0.4, -0.2) is 5.11 Å². The highest BCUT2D eigenvalue weighted by Crippen LogP contribution is 2.30. The van der Waals surface area contributed by atoms with Gasteiger partial charge in [0.1, 0.15) is 17.7 Å². The van der Waals surface area contributed by atoms with Gasteiger partial charge in [0.25, 0.3) is 0 Å². The Balaban J connectivity index is 2.47. The molecule has 0 saturated carbocycles. The number of hydrogen-bond acceptors (Lipinski definition) is 1. The van der Waals surface area contributed by atoms with Crippen LogP contribution in [0.15, 0.2) is 40.9 Å². The molecule has 0 spiro atoms. The summed E-state index contributed by atoms with van der Waals surface area (Å²) in [6.45, 7) is 1.74. The van der Waals surface area contributed by atoms with Crippen molar-refractivity contribution in [3.8, 4) is 0 Å². The fraction of sp³-hybridized carbons (Fsp3) is 0.143. The Bertz CT molecular complexity index is 564. The van der Waals surface area contributed by atoms with Crippen molar-refractivity contribution in [1.82, 2.24) is 0 Å². The Hall–Kier alpha value is -1.26. The topological polar surface area (TPSA) is 20.2 Å². The molecule has 94 valence electrons. The minimum atomic E-state index is -1.07. The molecule has 4 heteroatoms. The summed E-state index contributed by atoms with van der Waals surface area (Å²) in [4.78, 5) is 0. The lowest BCUT2D eigenvalue weighted by molar-refractivity contribution is 0.218. The zero-order valence-corrected chi connectivity index (χ0v) is 11.2. The lowest BCUT2D eigenvalue weighted by Gasteiger charge is -2.14. The minimum Gasteiger partial charge on any atom is -0.384 e. The van der Waals surface area contributed by atoms with Crippen LogP contribution in [0.25, 0.3) is 0 Å². The SMILES string of the molecule is Cc1cc(F)cc(C(O)c2cc(F)ccc2Br)c1. The predicted octanol–water partition coefficient (Wildman–Crippen LogP) is 4.12. The Labute approximate surface area is 112 Å². The molecule has 0 heterocycles. The molecule has 1 unspecified atom stereocenters. The maximum Gasteiger partial charge on any atom is 0.123 e. The molecule has 0 aliphatic rings. The van der Waals surface area contributed by atoms with E-state index in [0.29, 0.717) is 21.2 Å². The molecular weight excluding hydrogens is 302 g/mol. The number of aliphatic hydroxyl groups is 1. The summed E-state index contributed by atoms with van der Waals surface area (Å²) in [5.74, 6) is -0.864. The molecule has 0 aliphatic carbocycles. The van der Waals surface area contributed by atoms with Crippen molar-refractivity contribution in [2.45, 2.75) is 13.0 Å². The first-order valence-electron chi connectivity index (χ1n) is 5.37. The van der Waals surface area contributed by atoms with Gasteiger partial charge in [-0.15, -0.1) is 0 Å². The molecule has 0 saturated heterocycles. The van der Waals surface area contributed by atoms with Gasteiger partial charge >= 0.3 is 0 Å². The van der Waals surface area contributed by atoms with E-state index in [9.17, 15) is 13.9 Å². The van der Waals surface area contributed by atoms with E-state index >= 15 is 0 Å². The van der Waals surface area contributed by atoms with E-state index in [1.165, 1.54) is 30.3 Å². The number of benzene rings is 2. The maximum atomic E-state index is 13.3. The van der Waals surface area contributed by atoms with Crippen LogP contribution in [0.2, 0.25) is 0 Å². The van der Waals surface area contributed by atoms with Gasteiger partial charge in [0.05, 0.1) is 0 Å². The number of aliphatic hydroxyl groups excluding tert-OH is 1. The van der Waals surface area contributed by atoms with Crippen LogP contribution in [0.5, 0.6) is 0 Å².